The van der Waals surface area contributed by atoms with Gasteiger partial charge in [-0.25, -0.2) is 0 Å². The van der Waals surface area contributed by atoms with Crippen molar-refractivity contribution in [3.05, 3.63) is 71.8 Å². The maximum Gasteiger partial charge on any atom is 0.251 e. The first-order valence-corrected chi connectivity index (χ1v) is 6.86. The molecule has 3 heteroatoms. The van der Waals surface area contributed by atoms with Gasteiger partial charge in [0.25, 0.3) is 5.91 Å². The van der Waals surface area contributed by atoms with Gasteiger partial charge in [-0.3, -0.25) is 4.79 Å². The molecule has 0 fully saturated rings. The van der Waals surface area contributed by atoms with E-state index in [2.05, 4.69) is 10.6 Å². The molecule has 0 aromatic heterocycles. The molecular weight excluding hydrogens is 248 g/mol. The van der Waals surface area contributed by atoms with E-state index in [-0.39, 0.29) is 11.9 Å². The molecule has 1 amide bonds. The van der Waals surface area contributed by atoms with Crippen molar-refractivity contribution < 1.29 is 4.79 Å². The van der Waals surface area contributed by atoms with Gasteiger partial charge in [0, 0.05) is 5.56 Å². The van der Waals surface area contributed by atoms with Crippen LogP contribution in [0.3, 0.4) is 0 Å². The molecule has 2 aromatic carbocycles. The molecule has 20 heavy (non-hydrogen) atoms. The van der Waals surface area contributed by atoms with Crippen LogP contribution in [0, 0.1) is 0 Å². The number of hydrogen-bond donors (Lipinski definition) is 2. The summed E-state index contributed by atoms with van der Waals surface area (Å²) >= 11 is 0. The highest BCUT2D eigenvalue weighted by Crippen LogP contribution is 2.16. The number of amides is 1. The number of benzene rings is 2. The Labute approximate surface area is 120 Å². The monoisotopic (exact) mass is 268 g/mol. The average molecular weight is 268 g/mol. The Bertz CT molecular complexity index is 525. The van der Waals surface area contributed by atoms with Crippen LogP contribution in [-0.4, -0.2) is 19.5 Å². The van der Waals surface area contributed by atoms with Crippen LogP contribution >= 0.6 is 0 Å². The van der Waals surface area contributed by atoms with E-state index in [1.54, 1.807) is 0 Å². The minimum Gasteiger partial charge on any atom is -0.345 e. The maximum absolute atomic E-state index is 12.3. The third kappa shape index (κ3) is 3.93. The highest BCUT2D eigenvalue weighted by Gasteiger charge is 2.14. The van der Waals surface area contributed by atoms with Crippen LogP contribution in [0.15, 0.2) is 60.7 Å². The fourth-order valence-electron chi connectivity index (χ4n) is 2.13. The van der Waals surface area contributed by atoms with Gasteiger partial charge in [0.2, 0.25) is 0 Å². The third-order valence-corrected chi connectivity index (χ3v) is 3.23. The lowest BCUT2D eigenvalue weighted by Crippen LogP contribution is -2.30. The highest BCUT2D eigenvalue weighted by molar-refractivity contribution is 5.94. The zero-order valence-corrected chi connectivity index (χ0v) is 11.7. The largest absolute Gasteiger partial charge is 0.345 e. The molecule has 0 aliphatic carbocycles. The molecule has 1 atom stereocenters. The molecule has 0 saturated carbocycles. The van der Waals surface area contributed by atoms with E-state index in [0.717, 1.165) is 18.5 Å². The van der Waals surface area contributed by atoms with Crippen molar-refractivity contribution in [1.29, 1.82) is 0 Å². The van der Waals surface area contributed by atoms with Crippen molar-refractivity contribution >= 4 is 5.91 Å². The third-order valence-electron chi connectivity index (χ3n) is 3.23. The Morgan fingerprint density at radius 2 is 1.60 bits per heavy atom. The van der Waals surface area contributed by atoms with Gasteiger partial charge >= 0.3 is 0 Å². The first kappa shape index (κ1) is 14.3. The number of hydrogen-bond acceptors (Lipinski definition) is 2. The summed E-state index contributed by atoms with van der Waals surface area (Å²) in [4.78, 5) is 12.3. The summed E-state index contributed by atoms with van der Waals surface area (Å²) in [6.07, 6.45) is 0.860. The molecule has 1 unspecified atom stereocenters. The zero-order valence-electron chi connectivity index (χ0n) is 11.7. The van der Waals surface area contributed by atoms with Crippen molar-refractivity contribution in [1.82, 2.24) is 10.6 Å². The first-order chi connectivity index (χ1) is 9.81. The smallest absolute Gasteiger partial charge is 0.251 e. The topological polar surface area (TPSA) is 41.1 Å². The molecule has 0 spiro atoms. The van der Waals surface area contributed by atoms with E-state index in [1.165, 1.54) is 0 Å². The second-order valence-corrected chi connectivity index (χ2v) is 4.69. The normalized spacial score (nSPS) is 11.8. The minimum absolute atomic E-state index is 0.0244. The lowest BCUT2D eigenvalue weighted by Gasteiger charge is -2.19. The van der Waals surface area contributed by atoms with Gasteiger partial charge in [-0.15, -0.1) is 0 Å². The van der Waals surface area contributed by atoms with E-state index in [9.17, 15) is 4.79 Å². The summed E-state index contributed by atoms with van der Waals surface area (Å²) in [7, 11) is 1.92. The molecule has 2 aromatic rings. The Morgan fingerprint density at radius 3 is 2.20 bits per heavy atom. The molecular formula is C17H20N2O. The fraction of sp³-hybridized carbons (Fsp3) is 0.235. The van der Waals surface area contributed by atoms with Gasteiger partial charge in [0.1, 0.15) is 0 Å². The summed E-state index contributed by atoms with van der Waals surface area (Å²) < 4.78 is 0. The van der Waals surface area contributed by atoms with Crippen LogP contribution in [0.25, 0.3) is 0 Å². The van der Waals surface area contributed by atoms with E-state index < -0.39 is 0 Å². The van der Waals surface area contributed by atoms with Crippen molar-refractivity contribution in [3.8, 4) is 0 Å². The average Bonchev–Trinajstić information content (AvgIpc) is 2.53. The zero-order chi connectivity index (χ0) is 14.2. The minimum atomic E-state index is -0.0319. The van der Waals surface area contributed by atoms with E-state index >= 15 is 0 Å². The second-order valence-electron chi connectivity index (χ2n) is 4.69. The molecule has 0 saturated heterocycles. The van der Waals surface area contributed by atoms with Gasteiger partial charge in [-0.05, 0) is 37.7 Å². The summed E-state index contributed by atoms with van der Waals surface area (Å²) in [5.41, 5.74) is 1.82. The number of carbonyl (C=O) groups excluding carboxylic acids is 1. The predicted octanol–water partition coefficient (Wildman–Crippen LogP) is 2.77. The molecule has 0 radical (unpaired) electrons. The van der Waals surface area contributed by atoms with Crippen LogP contribution < -0.4 is 10.6 Å². The van der Waals surface area contributed by atoms with Crippen molar-refractivity contribution in [2.24, 2.45) is 0 Å². The molecule has 0 heterocycles. The van der Waals surface area contributed by atoms with E-state index in [0.29, 0.717) is 5.56 Å². The van der Waals surface area contributed by atoms with Crippen LogP contribution in [0.1, 0.15) is 28.4 Å². The summed E-state index contributed by atoms with van der Waals surface area (Å²) in [6, 6.07) is 19.4. The molecule has 104 valence electrons. The van der Waals surface area contributed by atoms with Crippen LogP contribution in [0.5, 0.6) is 0 Å². The number of nitrogens with one attached hydrogen (secondary N) is 2. The standard InChI is InChI=1S/C17H20N2O/c1-18-13-12-16(14-8-4-2-5-9-14)19-17(20)15-10-6-3-7-11-15/h2-11,16,18H,12-13H2,1H3,(H,19,20). The Hall–Kier alpha value is -2.13. The van der Waals surface area contributed by atoms with Gasteiger partial charge in [-0.1, -0.05) is 48.5 Å². The van der Waals surface area contributed by atoms with Crippen molar-refractivity contribution in [2.75, 3.05) is 13.6 Å². The van der Waals surface area contributed by atoms with Gasteiger partial charge in [0.15, 0.2) is 0 Å². The first-order valence-electron chi connectivity index (χ1n) is 6.86. The number of rotatable bonds is 6. The lowest BCUT2D eigenvalue weighted by molar-refractivity contribution is 0.0934. The molecule has 0 bridgehead atoms. The van der Waals surface area contributed by atoms with Gasteiger partial charge in [0.05, 0.1) is 6.04 Å². The Kier molecular flexibility index (Phi) is 5.33. The summed E-state index contributed by atoms with van der Waals surface area (Å²) in [5, 5.41) is 6.24. The maximum atomic E-state index is 12.3. The molecule has 0 aliphatic rings. The summed E-state index contributed by atoms with van der Waals surface area (Å²) in [5.74, 6) is -0.0319. The Morgan fingerprint density at radius 1 is 1.00 bits per heavy atom. The van der Waals surface area contributed by atoms with Gasteiger partial charge in [-0.2, -0.15) is 0 Å². The fourth-order valence-corrected chi connectivity index (χ4v) is 2.13. The molecule has 2 N–H and O–H groups in total. The predicted molar refractivity (Wildman–Crippen MR) is 81.6 cm³/mol. The van der Waals surface area contributed by atoms with Crippen LogP contribution in [-0.2, 0) is 0 Å². The van der Waals surface area contributed by atoms with E-state index in [4.69, 9.17) is 0 Å². The summed E-state index contributed by atoms with van der Waals surface area (Å²) in [6.45, 7) is 0.856. The van der Waals surface area contributed by atoms with Crippen molar-refractivity contribution in [2.45, 2.75) is 12.5 Å². The molecule has 2 rings (SSSR count). The molecule has 0 aliphatic heterocycles. The second kappa shape index (κ2) is 7.46. The highest BCUT2D eigenvalue weighted by atomic mass is 16.1. The van der Waals surface area contributed by atoms with Crippen LogP contribution in [0.2, 0.25) is 0 Å². The number of carbonyl (C=O) groups is 1. The lowest BCUT2D eigenvalue weighted by atomic mass is 10.0. The quantitative estimate of drug-likeness (QED) is 0.846. The van der Waals surface area contributed by atoms with Gasteiger partial charge < -0.3 is 10.6 Å². The van der Waals surface area contributed by atoms with Crippen LogP contribution in [0.4, 0.5) is 0 Å². The van der Waals surface area contributed by atoms with Crippen molar-refractivity contribution in [3.63, 3.8) is 0 Å². The molecule has 3 nitrogen and oxygen atoms in total. The van der Waals surface area contributed by atoms with E-state index in [1.807, 2.05) is 67.7 Å². The SMILES string of the molecule is CNCCC(NC(=O)c1ccccc1)c1ccccc1. The Balaban J connectivity index is 2.10.